The summed E-state index contributed by atoms with van der Waals surface area (Å²) in [5.74, 6) is 0. The summed E-state index contributed by atoms with van der Waals surface area (Å²) in [6.07, 6.45) is 3.15. The van der Waals surface area contributed by atoms with E-state index in [-0.39, 0.29) is 12.4 Å². The van der Waals surface area contributed by atoms with Crippen molar-refractivity contribution in [3.63, 3.8) is 0 Å². The fraction of sp³-hybridized carbons (Fsp3) is 0.412. The number of nitrogens with one attached hydrogen (secondary N) is 1. The van der Waals surface area contributed by atoms with Crippen LogP contribution in [0.25, 0.3) is 10.8 Å². The summed E-state index contributed by atoms with van der Waals surface area (Å²) in [5.41, 5.74) is 0. The number of hydrogen-bond donors (Lipinski definition) is 1. The average Bonchev–Trinajstić information content (AvgIpc) is 2.85. The van der Waals surface area contributed by atoms with Crippen LogP contribution in [0.2, 0.25) is 0 Å². The highest BCUT2D eigenvalue weighted by Crippen LogP contribution is 2.29. The molecule has 2 atom stereocenters. The second kappa shape index (κ2) is 6.40. The van der Waals surface area contributed by atoms with Crippen molar-refractivity contribution in [3.05, 3.63) is 42.5 Å². The van der Waals surface area contributed by atoms with Crippen LogP contribution in [0.5, 0.6) is 0 Å². The largest absolute Gasteiger partial charge is 0.310 e. The van der Waals surface area contributed by atoms with E-state index in [9.17, 15) is 8.42 Å². The number of halogens is 1. The number of sulfonamides is 1. The first-order valence-electron chi connectivity index (χ1n) is 7.88. The van der Waals surface area contributed by atoms with Gasteiger partial charge in [-0.05, 0) is 30.7 Å². The Morgan fingerprint density at radius 2 is 1.70 bits per heavy atom. The van der Waals surface area contributed by atoms with Crippen molar-refractivity contribution < 1.29 is 8.42 Å². The van der Waals surface area contributed by atoms with Crippen LogP contribution in [0.1, 0.15) is 19.3 Å². The maximum Gasteiger partial charge on any atom is 0.243 e. The van der Waals surface area contributed by atoms with Gasteiger partial charge in [-0.3, -0.25) is 0 Å². The summed E-state index contributed by atoms with van der Waals surface area (Å²) in [6, 6.07) is 14.0. The molecule has 4 rings (SSSR count). The second-order valence-corrected chi connectivity index (χ2v) is 8.17. The Kier molecular flexibility index (Phi) is 4.65. The zero-order valence-corrected chi connectivity index (χ0v) is 14.4. The molecule has 6 heteroatoms. The first kappa shape index (κ1) is 16.7. The van der Waals surface area contributed by atoms with Crippen LogP contribution >= 0.6 is 12.4 Å². The molecule has 0 aromatic heterocycles. The predicted octanol–water partition coefficient (Wildman–Crippen LogP) is 2.78. The van der Waals surface area contributed by atoms with Gasteiger partial charge < -0.3 is 5.32 Å². The maximum atomic E-state index is 13.1. The molecule has 0 saturated carbocycles. The first-order valence-corrected chi connectivity index (χ1v) is 9.32. The maximum absolute atomic E-state index is 13.1. The fourth-order valence-corrected chi connectivity index (χ4v) is 5.40. The number of fused-ring (bicyclic) bond motifs is 3. The van der Waals surface area contributed by atoms with Gasteiger partial charge in [0.25, 0.3) is 0 Å². The van der Waals surface area contributed by atoms with E-state index in [0.717, 1.165) is 23.6 Å². The molecule has 0 amide bonds. The van der Waals surface area contributed by atoms with Gasteiger partial charge in [0, 0.05) is 30.6 Å². The zero-order chi connectivity index (χ0) is 15.2. The Balaban J connectivity index is 0.00000156. The Bertz CT molecular complexity index is 804. The van der Waals surface area contributed by atoms with E-state index in [2.05, 4.69) is 5.32 Å². The lowest BCUT2D eigenvalue weighted by Gasteiger charge is -2.24. The van der Waals surface area contributed by atoms with Crippen molar-refractivity contribution in [2.24, 2.45) is 0 Å². The molecule has 0 spiro atoms. The molecular weight excluding hydrogens is 332 g/mol. The highest BCUT2D eigenvalue weighted by Gasteiger charge is 2.35. The van der Waals surface area contributed by atoms with Gasteiger partial charge in [-0.25, -0.2) is 8.42 Å². The van der Waals surface area contributed by atoms with Crippen molar-refractivity contribution >= 4 is 33.2 Å². The normalized spacial score (nSPS) is 25.0. The van der Waals surface area contributed by atoms with E-state index in [1.165, 1.54) is 6.42 Å². The third-order valence-electron chi connectivity index (χ3n) is 4.85. The van der Waals surface area contributed by atoms with Crippen LogP contribution in [0.4, 0.5) is 0 Å². The van der Waals surface area contributed by atoms with Crippen LogP contribution < -0.4 is 5.32 Å². The van der Waals surface area contributed by atoms with E-state index in [0.29, 0.717) is 30.1 Å². The minimum atomic E-state index is -3.44. The van der Waals surface area contributed by atoms with Gasteiger partial charge in [0.1, 0.15) is 0 Å². The molecule has 2 saturated heterocycles. The number of benzene rings is 2. The van der Waals surface area contributed by atoms with Crippen LogP contribution in [0, 0.1) is 0 Å². The minimum Gasteiger partial charge on any atom is -0.310 e. The second-order valence-electron chi connectivity index (χ2n) is 6.27. The number of rotatable bonds is 2. The molecule has 2 bridgehead atoms. The van der Waals surface area contributed by atoms with Crippen LogP contribution in [0.15, 0.2) is 47.4 Å². The summed E-state index contributed by atoms with van der Waals surface area (Å²) in [6.45, 7) is 1.20. The van der Waals surface area contributed by atoms with E-state index >= 15 is 0 Å². The smallest absolute Gasteiger partial charge is 0.243 e. The predicted molar refractivity (Wildman–Crippen MR) is 94.5 cm³/mol. The molecule has 2 aromatic carbocycles. The summed E-state index contributed by atoms with van der Waals surface area (Å²) in [4.78, 5) is 0.434. The SMILES string of the molecule is Cl.O=S(=O)(c1cccc2ccccc12)N1CCC2CCC(C1)N2. The molecule has 2 heterocycles. The Hall–Kier alpha value is -1.14. The highest BCUT2D eigenvalue weighted by molar-refractivity contribution is 7.89. The van der Waals surface area contributed by atoms with Crippen molar-refractivity contribution in [2.75, 3.05) is 13.1 Å². The first-order chi connectivity index (χ1) is 10.6. The monoisotopic (exact) mass is 352 g/mol. The highest BCUT2D eigenvalue weighted by atomic mass is 35.5. The van der Waals surface area contributed by atoms with Crippen molar-refractivity contribution in [2.45, 2.75) is 36.2 Å². The van der Waals surface area contributed by atoms with Crippen molar-refractivity contribution in [1.82, 2.24) is 9.62 Å². The summed E-state index contributed by atoms with van der Waals surface area (Å²) in [7, 11) is -3.44. The Morgan fingerprint density at radius 1 is 0.957 bits per heavy atom. The minimum absolute atomic E-state index is 0. The van der Waals surface area contributed by atoms with Gasteiger partial charge in [0.15, 0.2) is 0 Å². The molecule has 1 N–H and O–H groups in total. The summed E-state index contributed by atoms with van der Waals surface area (Å²) < 4.78 is 27.9. The van der Waals surface area contributed by atoms with Gasteiger partial charge in [-0.1, -0.05) is 36.4 Å². The molecule has 0 radical (unpaired) electrons. The Morgan fingerprint density at radius 3 is 2.57 bits per heavy atom. The molecule has 124 valence electrons. The van der Waals surface area contributed by atoms with E-state index in [4.69, 9.17) is 0 Å². The average molecular weight is 353 g/mol. The molecule has 2 aromatic rings. The van der Waals surface area contributed by atoms with Crippen LogP contribution in [0.3, 0.4) is 0 Å². The molecule has 2 fully saturated rings. The van der Waals surface area contributed by atoms with Gasteiger partial charge in [0.2, 0.25) is 10.0 Å². The van der Waals surface area contributed by atoms with Gasteiger partial charge in [-0.2, -0.15) is 4.31 Å². The van der Waals surface area contributed by atoms with Gasteiger partial charge >= 0.3 is 0 Å². The van der Waals surface area contributed by atoms with Crippen LogP contribution in [-0.2, 0) is 10.0 Å². The summed E-state index contributed by atoms with van der Waals surface area (Å²) in [5, 5.41) is 5.32. The van der Waals surface area contributed by atoms with Crippen LogP contribution in [-0.4, -0.2) is 37.9 Å². The van der Waals surface area contributed by atoms with E-state index in [1.807, 2.05) is 36.4 Å². The van der Waals surface area contributed by atoms with E-state index < -0.39 is 10.0 Å². The number of hydrogen-bond acceptors (Lipinski definition) is 3. The lowest BCUT2D eigenvalue weighted by molar-refractivity contribution is 0.384. The third kappa shape index (κ3) is 2.98. The van der Waals surface area contributed by atoms with Gasteiger partial charge in [-0.15, -0.1) is 12.4 Å². The fourth-order valence-electron chi connectivity index (χ4n) is 3.69. The lowest BCUT2D eigenvalue weighted by Crippen LogP contribution is -2.39. The van der Waals surface area contributed by atoms with E-state index in [1.54, 1.807) is 10.4 Å². The molecular formula is C17H21ClN2O2S. The molecule has 2 aliphatic rings. The zero-order valence-electron chi connectivity index (χ0n) is 12.8. The number of nitrogens with zero attached hydrogens (tertiary/aromatic N) is 1. The molecule has 0 aliphatic carbocycles. The van der Waals surface area contributed by atoms with Crippen molar-refractivity contribution in [1.29, 1.82) is 0 Å². The molecule has 23 heavy (non-hydrogen) atoms. The topological polar surface area (TPSA) is 49.4 Å². The molecule has 2 unspecified atom stereocenters. The van der Waals surface area contributed by atoms with Gasteiger partial charge in [0.05, 0.1) is 4.90 Å². The summed E-state index contributed by atoms with van der Waals surface area (Å²) >= 11 is 0. The quantitative estimate of drug-likeness (QED) is 0.904. The standard InChI is InChI=1S/C17H20N2O2S.ClH/c20-22(21,19-11-10-14-8-9-15(12-19)18-14)17-7-3-5-13-4-1-2-6-16(13)17;/h1-7,14-15,18H,8-12H2;1H. The van der Waals surface area contributed by atoms with Crippen molar-refractivity contribution in [3.8, 4) is 0 Å². The third-order valence-corrected chi connectivity index (χ3v) is 6.78. The molecule has 4 nitrogen and oxygen atoms in total. The Labute approximate surface area is 143 Å². The molecule has 2 aliphatic heterocycles. The lowest BCUT2D eigenvalue weighted by atomic mass is 10.1.